The maximum absolute atomic E-state index is 9.89. The van der Waals surface area contributed by atoms with Gasteiger partial charge in [-0.2, -0.15) is 0 Å². The molecule has 0 aliphatic rings. The Hall–Kier alpha value is -1.23. The van der Waals surface area contributed by atoms with E-state index in [1.165, 1.54) is 0 Å². The maximum atomic E-state index is 9.89. The maximum Gasteiger partial charge on any atom is 0.293 e. The molecular weight excluding hydrogens is 102 g/mol. The van der Waals surface area contributed by atoms with Crippen LogP contribution in [0.3, 0.4) is 0 Å². The molecule has 0 aromatic rings. The second-order valence-electron chi connectivity index (χ2n) is 1.13. The zero-order valence-electron chi connectivity index (χ0n) is 4.64. The summed E-state index contributed by atoms with van der Waals surface area (Å²) in [5, 5.41) is 0. The predicted octanol–water partition coefficient (Wildman–Crippen LogP) is 0.0512. The van der Waals surface area contributed by atoms with Crippen LogP contribution in [0.5, 0.6) is 0 Å². The molecule has 2 N–H and O–H groups in total. The minimum atomic E-state index is -0.594. The number of amides is 1. The Morgan fingerprint density at radius 2 is 2.38 bits per heavy atom. The predicted molar refractivity (Wildman–Crippen MR) is 31.8 cm³/mol. The highest BCUT2D eigenvalue weighted by Gasteiger charge is 1.73. The Bertz CT molecular complexity index is 159. The Morgan fingerprint density at radius 1 is 1.75 bits per heavy atom. The lowest BCUT2D eigenvalue weighted by Crippen LogP contribution is -2.05. The fraction of sp³-hybridized carbons (Fsp3) is 0.167. The summed E-state index contributed by atoms with van der Waals surface area (Å²) in [6, 6.07) is 0. The number of hydrogen-bond donors (Lipinski definition) is 1. The molecular formula is C6H7NO. The van der Waals surface area contributed by atoms with E-state index in [0.717, 1.165) is 0 Å². The molecule has 0 heterocycles. The van der Waals surface area contributed by atoms with Crippen LogP contribution in [-0.2, 0) is 4.79 Å². The van der Waals surface area contributed by atoms with Crippen molar-refractivity contribution in [2.75, 3.05) is 0 Å². The zero-order chi connectivity index (χ0) is 6.41. The van der Waals surface area contributed by atoms with E-state index in [9.17, 15) is 4.79 Å². The van der Waals surface area contributed by atoms with Gasteiger partial charge in [0.05, 0.1) is 0 Å². The van der Waals surface area contributed by atoms with Gasteiger partial charge in [-0.3, -0.25) is 4.79 Å². The van der Waals surface area contributed by atoms with Gasteiger partial charge >= 0.3 is 0 Å². The Morgan fingerprint density at radius 3 is 2.75 bits per heavy atom. The molecule has 0 aromatic heterocycles. The highest BCUT2D eigenvalue weighted by molar-refractivity contribution is 5.92. The van der Waals surface area contributed by atoms with E-state index >= 15 is 0 Å². The van der Waals surface area contributed by atoms with E-state index < -0.39 is 5.91 Å². The summed E-state index contributed by atoms with van der Waals surface area (Å²) >= 11 is 0. The van der Waals surface area contributed by atoms with E-state index in [4.69, 9.17) is 0 Å². The van der Waals surface area contributed by atoms with Crippen molar-refractivity contribution in [3.8, 4) is 11.8 Å². The minimum Gasteiger partial charge on any atom is -0.359 e. The first kappa shape index (κ1) is 6.77. The van der Waals surface area contributed by atoms with Crippen LogP contribution in [-0.4, -0.2) is 5.91 Å². The first-order valence-electron chi connectivity index (χ1n) is 2.19. The summed E-state index contributed by atoms with van der Waals surface area (Å²) in [5.74, 6) is 3.98. The summed E-state index contributed by atoms with van der Waals surface area (Å²) in [7, 11) is 0. The zero-order valence-corrected chi connectivity index (χ0v) is 4.64. The van der Waals surface area contributed by atoms with Crippen LogP contribution in [0.1, 0.15) is 6.92 Å². The molecule has 0 saturated heterocycles. The summed E-state index contributed by atoms with van der Waals surface area (Å²) in [6.07, 6.45) is 3.29. The lowest BCUT2D eigenvalue weighted by molar-refractivity contribution is -0.112. The van der Waals surface area contributed by atoms with Crippen molar-refractivity contribution in [2.24, 2.45) is 5.73 Å². The van der Waals surface area contributed by atoms with Crippen LogP contribution in [0.4, 0.5) is 0 Å². The fourth-order valence-electron chi connectivity index (χ4n) is 0.196. The molecule has 0 radical (unpaired) electrons. The molecule has 0 rings (SSSR count). The van der Waals surface area contributed by atoms with Gasteiger partial charge in [0.25, 0.3) is 5.91 Å². The molecule has 1 amide bonds. The molecule has 0 aromatic carbocycles. The highest BCUT2D eigenvalue weighted by atomic mass is 16.1. The Kier molecular flexibility index (Phi) is 3.34. The third kappa shape index (κ3) is 4.77. The third-order valence-corrected chi connectivity index (χ3v) is 0.445. The van der Waals surface area contributed by atoms with Gasteiger partial charge in [-0.05, 0) is 18.9 Å². The van der Waals surface area contributed by atoms with Gasteiger partial charge in [-0.15, -0.1) is 0 Å². The lowest BCUT2D eigenvalue weighted by Gasteiger charge is -1.66. The Labute approximate surface area is 48.4 Å². The van der Waals surface area contributed by atoms with Gasteiger partial charge in [-0.1, -0.05) is 12.0 Å². The average Bonchev–Trinajstić information content (AvgIpc) is 1.66. The van der Waals surface area contributed by atoms with Gasteiger partial charge in [0.15, 0.2) is 0 Å². The highest BCUT2D eigenvalue weighted by Crippen LogP contribution is 1.62. The molecule has 0 spiro atoms. The molecule has 0 saturated carbocycles. The average molecular weight is 109 g/mol. The SMILES string of the molecule is C/C=C/C#CC(N)=O. The summed E-state index contributed by atoms with van der Waals surface area (Å²) in [6.45, 7) is 1.82. The van der Waals surface area contributed by atoms with Crippen molar-refractivity contribution < 1.29 is 4.79 Å². The second kappa shape index (κ2) is 3.94. The summed E-state index contributed by atoms with van der Waals surface area (Å²) in [4.78, 5) is 9.89. The van der Waals surface area contributed by atoms with Crippen molar-refractivity contribution >= 4 is 5.91 Å². The number of carbonyl (C=O) groups excluding carboxylic acids is 1. The van der Waals surface area contributed by atoms with Crippen molar-refractivity contribution in [1.82, 2.24) is 0 Å². The van der Waals surface area contributed by atoms with Crippen molar-refractivity contribution in [1.29, 1.82) is 0 Å². The summed E-state index contributed by atoms with van der Waals surface area (Å²) in [5.41, 5.74) is 4.69. The lowest BCUT2D eigenvalue weighted by atomic mass is 10.5. The molecule has 0 aliphatic heterocycles. The first-order chi connectivity index (χ1) is 3.77. The van der Waals surface area contributed by atoms with Gasteiger partial charge in [0, 0.05) is 0 Å². The standard InChI is InChI=1S/C6H7NO/c1-2-3-4-5-6(7)8/h2-3H,1H3,(H2,7,8)/b3-2+. The van der Waals surface area contributed by atoms with E-state index in [-0.39, 0.29) is 0 Å². The van der Waals surface area contributed by atoms with Crippen molar-refractivity contribution in [3.05, 3.63) is 12.2 Å². The van der Waals surface area contributed by atoms with E-state index in [0.29, 0.717) is 0 Å². The molecule has 0 unspecified atom stereocenters. The monoisotopic (exact) mass is 109 g/mol. The molecule has 42 valence electrons. The number of nitrogens with two attached hydrogens (primary N) is 1. The number of hydrogen-bond acceptors (Lipinski definition) is 1. The first-order valence-corrected chi connectivity index (χ1v) is 2.19. The normalized spacial score (nSPS) is 8.12. The van der Waals surface area contributed by atoms with Crippen molar-refractivity contribution in [3.63, 3.8) is 0 Å². The van der Waals surface area contributed by atoms with Crippen LogP contribution in [0, 0.1) is 11.8 Å². The molecule has 0 fully saturated rings. The number of rotatable bonds is 0. The summed E-state index contributed by atoms with van der Waals surface area (Å²) < 4.78 is 0. The van der Waals surface area contributed by atoms with Crippen LogP contribution in [0.25, 0.3) is 0 Å². The van der Waals surface area contributed by atoms with Crippen molar-refractivity contribution in [2.45, 2.75) is 6.92 Å². The Balaban J connectivity index is 3.68. The van der Waals surface area contributed by atoms with Gasteiger partial charge in [0.1, 0.15) is 0 Å². The molecule has 8 heavy (non-hydrogen) atoms. The molecule has 2 nitrogen and oxygen atoms in total. The van der Waals surface area contributed by atoms with Gasteiger partial charge < -0.3 is 5.73 Å². The topological polar surface area (TPSA) is 43.1 Å². The van der Waals surface area contributed by atoms with Crippen LogP contribution < -0.4 is 5.73 Å². The molecule has 0 atom stereocenters. The molecule has 2 heteroatoms. The van der Waals surface area contributed by atoms with Crippen LogP contribution in [0.2, 0.25) is 0 Å². The molecule has 0 bridgehead atoms. The number of primary amides is 1. The van der Waals surface area contributed by atoms with E-state index in [1.807, 2.05) is 6.92 Å². The van der Waals surface area contributed by atoms with Gasteiger partial charge in [-0.25, -0.2) is 0 Å². The van der Waals surface area contributed by atoms with E-state index in [2.05, 4.69) is 17.6 Å². The second-order valence-corrected chi connectivity index (χ2v) is 1.13. The van der Waals surface area contributed by atoms with Crippen LogP contribution >= 0.6 is 0 Å². The fourth-order valence-corrected chi connectivity index (χ4v) is 0.196. The van der Waals surface area contributed by atoms with E-state index in [1.54, 1.807) is 12.2 Å². The quantitative estimate of drug-likeness (QED) is 0.439. The number of carbonyl (C=O) groups is 1. The third-order valence-electron chi connectivity index (χ3n) is 0.445. The van der Waals surface area contributed by atoms with Gasteiger partial charge in [0.2, 0.25) is 0 Å². The molecule has 0 aliphatic carbocycles. The van der Waals surface area contributed by atoms with Crippen LogP contribution in [0.15, 0.2) is 12.2 Å². The smallest absolute Gasteiger partial charge is 0.293 e. The minimum absolute atomic E-state index is 0.594. The largest absolute Gasteiger partial charge is 0.359 e. The number of allylic oxidation sites excluding steroid dienone is 2.